The molecule has 2 heterocycles. The third-order valence-electron chi connectivity index (χ3n) is 3.79. The zero-order chi connectivity index (χ0) is 19.6. The molecule has 27 heavy (non-hydrogen) atoms. The zero-order valence-corrected chi connectivity index (χ0v) is 14.9. The number of ether oxygens (including phenoxy) is 1. The van der Waals surface area contributed by atoms with E-state index < -0.39 is 22.9 Å². The quantitative estimate of drug-likeness (QED) is 0.688. The number of furan rings is 1. The Labute approximate surface area is 156 Å². The Hall–Kier alpha value is -2.52. The number of carbonyl (C=O) groups is 2. The Morgan fingerprint density at radius 3 is 2.63 bits per heavy atom. The smallest absolute Gasteiger partial charge is 0.417 e. The third-order valence-corrected chi connectivity index (χ3v) is 4.70. The van der Waals surface area contributed by atoms with Gasteiger partial charge in [0.1, 0.15) is 11.5 Å². The van der Waals surface area contributed by atoms with E-state index in [0.29, 0.717) is 0 Å². The van der Waals surface area contributed by atoms with Crippen LogP contribution in [0.15, 0.2) is 45.7 Å². The summed E-state index contributed by atoms with van der Waals surface area (Å²) < 4.78 is 49.8. The van der Waals surface area contributed by atoms with Gasteiger partial charge < -0.3 is 9.15 Å². The number of carbonyl (C=O) groups excluding carboxylic acids is 2. The topological polar surface area (TPSA) is 59.8 Å². The minimum Gasteiger partial charge on any atom is -0.457 e. The van der Waals surface area contributed by atoms with Gasteiger partial charge in [-0.2, -0.15) is 13.2 Å². The second kappa shape index (κ2) is 7.61. The van der Waals surface area contributed by atoms with Crippen LogP contribution in [0.25, 0.3) is 17.4 Å². The highest BCUT2D eigenvalue weighted by atomic mass is 32.2. The predicted molar refractivity (Wildman–Crippen MR) is 93.7 cm³/mol. The minimum atomic E-state index is -4.52. The van der Waals surface area contributed by atoms with Gasteiger partial charge in [0, 0.05) is 18.7 Å². The first-order valence-corrected chi connectivity index (χ1v) is 8.63. The average molecular weight is 397 g/mol. The summed E-state index contributed by atoms with van der Waals surface area (Å²) >= 11 is 0.743. The molecule has 0 spiro atoms. The first-order valence-electron chi connectivity index (χ1n) is 7.82. The van der Waals surface area contributed by atoms with Gasteiger partial charge in [0.05, 0.1) is 23.6 Å². The van der Waals surface area contributed by atoms with E-state index in [0.717, 1.165) is 22.7 Å². The van der Waals surface area contributed by atoms with E-state index >= 15 is 0 Å². The van der Waals surface area contributed by atoms with Crippen LogP contribution in [-0.2, 0) is 15.7 Å². The summed E-state index contributed by atoms with van der Waals surface area (Å²) in [5, 5.41) is -0.433. The molecular weight excluding hydrogens is 383 g/mol. The van der Waals surface area contributed by atoms with Crippen molar-refractivity contribution in [1.82, 2.24) is 4.90 Å². The molecule has 1 fully saturated rings. The van der Waals surface area contributed by atoms with Gasteiger partial charge in [-0.1, -0.05) is 18.2 Å². The highest BCUT2D eigenvalue weighted by Crippen LogP contribution is 2.38. The summed E-state index contributed by atoms with van der Waals surface area (Å²) in [7, 11) is 1.46. The predicted octanol–water partition coefficient (Wildman–Crippen LogP) is 4.65. The molecule has 0 N–H and O–H groups in total. The van der Waals surface area contributed by atoms with Crippen LogP contribution in [0.3, 0.4) is 0 Å². The van der Waals surface area contributed by atoms with E-state index in [4.69, 9.17) is 9.15 Å². The molecule has 0 aliphatic carbocycles. The van der Waals surface area contributed by atoms with Gasteiger partial charge in [-0.3, -0.25) is 14.5 Å². The van der Waals surface area contributed by atoms with E-state index in [2.05, 4.69) is 0 Å². The van der Waals surface area contributed by atoms with Crippen molar-refractivity contribution in [2.24, 2.45) is 0 Å². The fourth-order valence-corrected chi connectivity index (χ4v) is 3.37. The van der Waals surface area contributed by atoms with E-state index in [1.54, 1.807) is 0 Å². The number of halogens is 3. The Balaban J connectivity index is 1.87. The Morgan fingerprint density at radius 1 is 1.19 bits per heavy atom. The number of hydrogen-bond donors (Lipinski definition) is 0. The monoisotopic (exact) mass is 397 g/mol. The fourth-order valence-electron chi connectivity index (χ4n) is 2.52. The number of methoxy groups -OCH3 is 1. The largest absolute Gasteiger partial charge is 0.457 e. The molecule has 3 rings (SSSR count). The molecule has 2 amide bonds. The van der Waals surface area contributed by atoms with Gasteiger partial charge in [-0.25, -0.2) is 0 Å². The van der Waals surface area contributed by atoms with Crippen LogP contribution < -0.4 is 0 Å². The van der Waals surface area contributed by atoms with Gasteiger partial charge in [0.2, 0.25) is 0 Å². The molecule has 2 aromatic rings. The van der Waals surface area contributed by atoms with Crippen LogP contribution in [0.2, 0.25) is 0 Å². The average Bonchev–Trinajstić information content (AvgIpc) is 3.18. The molecule has 1 aliphatic rings. The van der Waals surface area contributed by atoms with Crippen LogP contribution >= 0.6 is 11.8 Å². The van der Waals surface area contributed by atoms with Crippen LogP contribution in [0.4, 0.5) is 18.0 Å². The van der Waals surface area contributed by atoms with Gasteiger partial charge in [-0.15, -0.1) is 0 Å². The molecule has 1 aromatic carbocycles. The summed E-state index contributed by atoms with van der Waals surface area (Å²) in [6, 6.07) is 7.90. The highest BCUT2D eigenvalue weighted by Gasteiger charge is 2.36. The molecule has 0 saturated carbocycles. The number of thioether (sulfide) groups is 1. The van der Waals surface area contributed by atoms with Crippen molar-refractivity contribution in [3.05, 3.63) is 52.6 Å². The lowest BCUT2D eigenvalue weighted by Gasteiger charge is -2.10. The summed E-state index contributed by atoms with van der Waals surface area (Å²) in [6.07, 6.45) is -3.18. The van der Waals surface area contributed by atoms with Crippen LogP contribution in [0.5, 0.6) is 0 Å². The molecule has 0 unspecified atom stereocenters. The molecule has 1 aliphatic heterocycles. The standard InChI is InChI=1S/C18H14F3NO4S/c1-25-9-8-22-16(23)15(27-17(22)24)10-11-6-7-14(26-11)12-4-2-3-5-13(12)18(19,20)21/h2-7,10H,8-9H2,1H3/b15-10+. The van der Waals surface area contributed by atoms with Crippen molar-refractivity contribution in [2.75, 3.05) is 20.3 Å². The maximum absolute atomic E-state index is 13.2. The van der Waals surface area contributed by atoms with Crippen molar-refractivity contribution in [3.8, 4) is 11.3 Å². The molecule has 5 nitrogen and oxygen atoms in total. The van der Waals surface area contributed by atoms with Crippen molar-refractivity contribution < 1.29 is 31.9 Å². The zero-order valence-electron chi connectivity index (χ0n) is 14.1. The summed E-state index contributed by atoms with van der Waals surface area (Å²) in [4.78, 5) is 25.3. The minimum absolute atomic E-state index is 0.0211. The van der Waals surface area contributed by atoms with E-state index in [1.165, 1.54) is 43.5 Å². The van der Waals surface area contributed by atoms with E-state index in [1.807, 2.05) is 0 Å². The first kappa shape index (κ1) is 19.2. The number of amides is 2. The van der Waals surface area contributed by atoms with Crippen LogP contribution in [0, 0.1) is 0 Å². The summed E-state index contributed by atoms with van der Waals surface area (Å²) in [5.41, 5.74) is -0.913. The fraction of sp³-hybridized carbons (Fsp3) is 0.222. The molecular formula is C18H14F3NO4S. The first-order chi connectivity index (χ1) is 12.8. The Kier molecular flexibility index (Phi) is 5.43. The summed E-state index contributed by atoms with van der Waals surface area (Å²) in [5.74, 6) is -0.289. The molecule has 9 heteroatoms. The number of benzene rings is 1. The van der Waals surface area contributed by atoms with Crippen molar-refractivity contribution in [1.29, 1.82) is 0 Å². The van der Waals surface area contributed by atoms with Gasteiger partial charge in [-0.05, 0) is 30.0 Å². The number of hydrogen-bond acceptors (Lipinski definition) is 5. The Bertz CT molecular complexity index is 904. The molecule has 0 radical (unpaired) electrons. The molecule has 142 valence electrons. The molecule has 0 atom stereocenters. The van der Waals surface area contributed by atoms with Crippen LogP contribution in [0.1, 0.15) is 11.3 Å². The molecule has 1 aromatic heterocycles. The number of nitrogens with zero attached hydrogens (tertiary/aromatic N) is 1. The maximum Gasteiger partial charge on any atom is 0.417 e. The lowest BCUT2D eigenvalue weighted by atomic mass is 10.1. The maximum atomic E-state index is 13.2. The summed E-state index contributed by atoms with van der Waals surface area (Å²) in [6.45, 7) is 0.339. The lowest BCUT2D eigenvalue weighted by molar-refractivity contribution is -0.137. The van der Waals surface area contributed by atoms with E-state index in [-0.39, 0.29) is 35.1 Å². The third kappa shape index (κ3) is 4.09. The number of rotatable bonds is 5. The van der Waals surface area contributed by atoms with Crippen molar-refractivity contribution in [2.45, 2.75) is 6.18 Å². The van der Waals surface area contributed by atoms with Gasteiger partial charge >= 0.3 is 6.18 Å². The highest BCUT2D eigenvalue weighted by molar-refractivity contribution is 8.18. The van der Waals surface area contributed by atoms with Gasteiger partial charge in [0.15, 0.2) is 0 Å². The van der Waals surface area contributed by atoms with Crippen LogP contribution in [-0.4, -0.2) is 36.3 Å². The second-order valence-corrected chi connectivity index (χ2v) is 6.56. The molecule has 0 bridgehead atoms. The lowest BCUT2D eigenvalue weighted by Crippen LogP contribution is -2.31. The number of imide groups is 1. The second-order valence-electron chi connectivity index (χ2n) is 5.57. The Morgan fingerprint density at radius 2 is 1.93 bits per heavy atom. The molecule has 1 saturated heterocycles. The van der Waals surface area contributed by atoms with Gasteiger partial charge in [0.25, 0.3) is 11.1 Å². The normalized spacial score (nSPS) is 16.6. The van der Waals surface area contributed by atoms with Crippen molar-refractivity contribution in [3.63, 3.8) is 0 Å². The SMILES string of the molecule is COCCN1C(=O)S/C(=C/c2ccc(-c3ccccc3C(F)(F)F)o2)C1=O. The number of alkyl halides is 3. The van der Waals surface area contributed by atoms with Crippen molar-refractivity contribution >= 4 is 29.0 Å². The van der Waals surface area contributed by atoms with E-state index in [9.17, 15) is 22.8 Å².